The van der Waals surface area contributed by atoms with Crippen molar-refractivity contribution in [1.82, 2.24) is 14.8 Å². The van der Waals surface area contributed by atoms with Gasteiger partial charge >= 0.3 is 0 Å². The third kappa shape index (κ3) is 1.95. The summed E-state index contributed by atoms with van der Waals surface area (Å²) in [7, 11) is 0. The largest absolute Gasteiger partial charge is 0.423 e. The molecule has 2 aromatic heterocycles. The van der Waals surface area contributed by atoms with Crippen LogP contribution < -0.4 is 4.90 Å². The van der Waals surface area contributed by atoms with Crippen LogP contribution in [0.2, 0.25) is 0 Å². The molecule has 0 amide bonds. The zero-order valence-electron chi connectivity index (χ0n) is 11.1. The number of oxazole rings is 1. The van der Waals surface area contributed by atoms with E-state index in [2.05, 4.69) is 19.7 Å². The summed E-state index contributed by atoms with van der Waals surface area (Å²) < 4.78 is 7.88. The summed E-state index contributed by atoms with van der Waals surface area (Å²) in [5.74, 6) is 0. The van der Waals surface area contributed by atoms with Crippen molar-refractivity contribution in [2.45, 2.75) is 18.9 Å². The molecule has 3 aromatic rings. The number of aromatic nitrogens is 3. The van der Waals surface area contributed by atoms with Crippen molar-refractivity contribution < 1.29 is 4.42 Å². The molecule has 20 heavy (non-hydrogen) atoms. The second-order valence-corrected chi connectivity index (χ2v) is 5.17. The summed E-state index contributed by atoms with van der Waals surface area (Å²) in [6.07, 6.45) is 6.02. The predicted molar refractivity (Wildman–Crippen MR) is 76.7 cm³/mol. The molecule has 0 bridgehead atoms. The summed E-state index contributed by atoms with van der Waals surface area (Å²) in [5.41, 5.74) is 1.79. The molecule has 5 nitrogen and oxygen atoms in total. The van der Waals surface area contributed by atoms with Crippen molar-refractivity contribution in [3.63, 3.8) is 0 Å². The van der Waals surface area contributed by atoms with Gasteiger partial charge in [-0.15, -0.1) is 0 Å². The molecule has 0 N–H and O–H groups in total. The zero-order valence-corrected chi connectivity index (χ0v) is 11.1. The van der Waals surface area contributed by atoms with Crippen molar-refractivity contribution in [2.75, 3.05) is 18.0 Å². The van der Waals surface area contributed by atoms with Crippen molar-refractivity contribution >= 4 is 17.1 Å². The van der Waals surface area contributed by atoms with Crippen molar-refractivity contribution in [1.29, 1.82) is 0 Å². The average molecular weight is 268 g/mol. The molecule has 0 spiro atoms. The number of nitrogens with zero attached hydrogens (tertiary/aromatic N) is 4. The first kappa shape index (κ1) is 11.5. The summed E-state index contributed by atoms with van der Waals surface area (Å²) >= 11 is 0. The van der Waals surface area contributed by atoms with E-state index >= 15 is 0 Å². The maximum absolute atomic E-state index is 5.83. The van der Waals surface area contributed by atoms with E-state index in [1.165, 1.54) is 0 Å². The normalized spacial score (nSPS) is 16.9. The van der Waals surface area contributed by atoms with Gasteiger partial charge in [0.25, 0.3) is 6.01 Å². The number of hydrogen-bond donors (Lipinski definition) is 0. The Morgan fingerprint density at radius 3 is 2.70 bits per heavy atom. The highest BCUT2D eigenvalue weighted by molar-refractivity contribution is 5.74. The number of hydrogen-bond acceptors (Lipinski definition) is 4. The lowest BCUT2D eigenvalue weighted by Crippen LogP contribution is -2.34. The number of para-hydroxylation sites is 2. The fourth-order valence-electron chi connectivity index (χ4n) is 2.81. The Balaban J connectivity index is 1.51. The number of piperidine rings is 1. The van der Waals surface area contributed by atoms with Gasteiger partial charge in [-0.25, -0.2) is 0 Å². The second kappa shape index (κ2) is 4.67. The van der Waals surface area contributed by atoms with Crippen molar-refractivity contribution in [3.8, 4) is 0 Å². The van der Waals surface area contributed by atoms with Crippen LogP contribution in [0.25, 0.3) is 11.1 Å². The minimum atomic E-state index is 0.491. The first-order valence-corrected chi connectivity index (χ1v) is 7.00. The maximum Gasteiger partial charge on any atom is 0.298 e. The minimum Gasteiger partial charge on any atom is -0.423 e. The van der Waals surface area contributed by atoms with Crippen LogP contribution in [0.15, 0.2) is 47.1 Å². The van der Waals surface area contributed by atoms with E-state index in [9.17, 15) is 0 Å². The van der Waals surface area contributed by atoms with Crippen LogP contribution in [0.1, 0.15) is 18.9 Å². The van der Waals surface area contributed by atoms with E-state index in [0.717, 1.165) is 43.0 Å². The van der Waals surface area contributed by atoms with Gasteiger partial charge in [0.2, 0.25) is 0 Å². The molecule has 1 aliphatic heterocycles. The Kier molecular flexibility index (Phi) is 2.69. The van der Waals surface area contributed by atoms with Gasteiger partial charge < -0.3 is 9.32 Å². The van der Waals surface area contributed by atoms with Crippen LogP contribution in [-0.2, 0) is 0 Å². The standard InChI is InChI=1S/C15H16N4O/c1-2-5-14-13(4-1)17-15(20-14)18-10-6-12(7-11-18)19-9-3-8-16-19/h1-5,8-9,12H,6-7,10-11H2. The molecular formula is C15H16N4O. The highest BCUT2D eigenvalue weighted by Gasteiger charge is 2.23. The van der Waals surface area contributed by atoms with E-state index in [1.807, 2.05) is 42.7 Å². The van der Waals surface area contributed by atoms with Gasteiger partial charge in [0.1, 0.15) is 5.52 Å². The lowest BCUT2D eigenvalue weighted by molar-refractivity contribution is 0.357. The lowest BCUT2D eigenvalue weighted by atomic mass is 10.1. The Bertz CT molecular complexity index is 663. The topological polar surface area (TPSA) is 47.1 Å². The molecule has 0 unspecified atom stereocenters. The summed E-state index contributed by atoms with van der Waals surface area (Å²) in [6, 6.07) is 11.1. The Morgan fingerprint density at radius 2 is 1.95 bits per heavy atom. The quantitative estimate of drug-likeness (QED) is 0.717. The first-order chi connectivity index (χ1) is 9.90. The zero-order chi connectivity index (χ0) is 13.4. The van der Waals surface area contributed by atoms with Crippen LogP contribution in [0.3, 0.4) is 0 Å². The molecule has 3 heterocycles. The lowest BCUT2D eigenvalue weighted by Gasteiger charge is -2.30. The number of fused-ring (bicyclic) bond motifs is 1. The van der Waals surface area contributed by atoms with E-state index < -0.39 is 0 Å². The third-order valence-corrected chi connectivity index (χ3v) is 3.92. The average Bonchev–Trinajstić information content (AvgIpc) is 3.17. The molecule has 102 valence electrons. The van der Waals surface area contributed by atoms with Gasteiger partial charge in [0.05, 0.1) is 6.04 Å². The monoisotopic (exact) mass is 268 g/mol. The second-order valence-electron chi connectivity index (χ2n) is 5.17. The molecule has 0 saturated carbocycles. The molecule has 1 fully saturated rings. The van der Waals surface area contributed by atoms with E-state index in [0.29, 0.717) is 6.04 Å². The Morgan fingerprint density at radius 1 is 1.10 bits per heavy atom. The fraction of sp³-hybridized carbons (Fsp3) is 0.333. The van der Waals surface area contributed by atoms with Crippen LogP contribution in [0.5, 0.6) is 0 Å². The van der Waals surface area contributed by atoms with Gasteiger partial charge in [-0.1, -0.05) is 12.1 Å². The van der Waals surface area contributed by atoms with Gasteiger partial charge in [-0.3, -0.25) is 4.68 Å². The maximum atomic E-state index is 5.83. The number of benzene rings is 1. The Hall–Kier alpha value is -2.30. The molecule has 4 rings (SSSR count). The molecule has 0 atom stereocenters. The molecule has 1 saturated heterocycles. The summed E-state index contributed by atoms with van der Waals surface area (Å²) in [4.78, 5) is 6.78. The van der Waals surface area contributed by atoms with E-state index in [-0.39, 0.29) is 0 Å². The number of rotatable bonds is 2. The van der Waals surface area contributed by atoms with Gasteiger partial charge in [-0.05, 0) is 31.0 Å². The van der Waals surface area contributed by atoms with Crippen LogP contribution in [0, 0.1) is 0 Å². The highest BCUT2D eigenvalue weighted by Crippen LogP contribution is 2.27. The van der Waals surface area contributed by atoms with Crippen molar-refractivity contribution in [3.05, 3.63) is 42.7 Å². The molecular weight excluding hydrogens is 252 g/mol. The Labute approximate surface area is 116 Å². The summed E-state index contributed by atoms with van der Waals surface area (Å²) in [5, 5.41) is 4.33. The highest BCUT2D eigenvalue weighted by atomic mass is 16.4. The first-order valence-electron chi connectivity index (χ1n) is 7.00. The SMILES string of the molecule is c1ccc2oc(N3CCC(n4cccn4)CC3)nc2c1. The molecule has 1 aromatic carbocycles. The molecule has 0 radical (unpaired) electrons. The number of anilines is 1. The fourth-order valence-corrected chi connectivity index (χ4v) is 2.81. The molecule has 1 aliphatic rings. The molecule has 5 heteroatoms. The van der Waals surface area contributed by atoms with Crippen LogP contribution in [0.4, 0.5) is 6.01 Å². The van der Waals surface area contributed by atoms with Gasteiger partial charge in [0, 0.05) is 25.5 Å². The summed E-state index contributed by atoms with van der Waals surface area (Å²) in [6.45, 7) is 1.91. The van der Waals surface area contributed by atoms with Gasteiger partial charge in [0.15, 0.2) is 5.58 Å². The smallest absolute Gasteiger partial charge is 0.298 e. The van der Waals surface area contributed by atoms with E-state index in [4.69, 9.17) is 4.42 Å². The van der Waals surface area contributed by atoms with Crippen molar-refractivity contribution in [2.24, 2.45) is 0 Å². The third-order valence-electron chi connectivity index (χ3n) is 3.92. The minimum absolute atomic E-state index is 0.491. The van der Waals surface area contributed by atoms with Gasteiger partial charge in [-0.2, -0.15) is 10.1 Å². The predicted octanol–water partition coefficient (Wildman–Crippen LogP) is 2.87. The molecule has 0 aliphatic carbocycles. The van der Waals surface area contributed by atoms with Crippen LogP contribution in [-0.4, -0.2) is 27.9 Å². The van der Waals surface area contributed by atoms with E-state index in [1.54, 1.807) is 0 Å². The van der Waals surface area contributed by atoms with Crippen LogP contribution >= 0.6 is 0 Å².